The highest BCUT2D eigenvalue weighted by molar-refractivity contribution is 5.81. The first-order valence-electron chi connectivity index (χ1n) is 9.40. The Bertz CT molecular complexity index is 608. The summed E-state index contributed by atoms with van der Waals surface area (Å²) in [6, 6.07) is 0. The van der Waals surface area contributed by atoms with Crippen LogP contribution in [0.15, 0.2) is 4.52 Å². The summed E-state index contributed by atoms with van der Waals surface area (Å²) in [5.74, 6) is 1.19. The Balaban J connectivity index is 1.76. The molecule has 2 amide bonds. The van der Waals surface area contributed by atoms with Gasteiger partial charge in [0.25, 0.3) is 0 Å². The lowest BCUT2D eigenvalue weighted by Crippen LogP contribution is -2.46. The van der Waals surface area contributed by atoms with Crippen LogP contribution in [0.25, 0.3) is 0 Å². The molecule has 1 fully saturated rings. The second kappa shape index (κ2) is 9.12. The van der Waals surface area contributed by atoms with Crippen LogP contribution in [-0.4, -0.2) is 53.0 Å². The predicted molar refractivity (Wildman–Crippen MR) is 97.3 cm³/mol. The van der Waals surface area contributed by atoms with Crippen molar-refractivity contribution in [2.45, 2.75) is 58.3 Å². The zero-order valence-corrected chi connectivity index (χ0v) is 16.1. The van der Waals surface area contributed by atoms with Gasteiger partial charge in [-0.05, 0) is 19.3 Å². The summed E-state index contributed by atoms with van der Waals surface area (Å²) in [5, 5.41) is 6.81. The van der Waals surface area contributed by atoms with Crippen molar-refractivity contribution in [2.24, 2.45) is 11.7 Å². The first kappa shape index (κ1) is 20.4. The highest BCUT2D eigenvalue weighted by atomic mass is 16.5. The van der Waals surface area contributed by atoms with E-state index in [9.17, 15) is 9.59 Å². The fourth-order valence-electron chi connectivity index (χ4n) is 2.97. The lowest BCUT2D eigenvalue weighted by molar-refractivity contribution is -0.135. The summed E-state index contributed by atoms with van der Waals surface area (Å²) in [7, 11) is 0. The molecule has 0 saturated carbocycles. The van der Waals surface area contributed by atoms with E-state index in [1.807, 2.05) is 20.8 Å². The van der Waals surface area contributed by atoms with Crippen LogP contribution < -0.4 is 11.1 Å². The van der Waals surface area contributed by atoms with Crippen molar-refractivity contribution in [3.05, 3.63) is 11.7 Å². The Kier molecular flexibility index (Phi) is 7.14. The van der Waals surface area contributed by atoms with Gasteiger partial charge in [0, 0.05) is 44.4 Å². The zero-order valence-electron chi connectivity index (χ0n) is 16.1. The number of amides is 2. The van der Waals surface area contributed by atoms with Gasteiger partial charge in [0.15, 0.2) is 5.82 Å². The Labute approximate surface area is 154 Å². The lowest BCUT2D eigenvalue weighted by atomic mass is 9.96. The summed E-state index contributed by atoms with van der Waals surface area (Å²) in [6.45, 7) is 8.20. The number of likely N-dealkylation sites (tertiary alicyclic amines) is 1. The van der Waals surface area contributed by atoms with Crippen LogP contribution in [0.3, 0.4) is 0 Å². The Morgan fingerprint density at radius 1 is 1.38 bits per heavy atom. The van der Waals surface area contributed by atoms with Gasteiger partial charge in [-0.15, -0.1) is 0 Å². The highest BCUT2D eigenvalue weighted by Crippen LogP contribution is 2.20. The summed E-state index contributed by atoms with van der Waals surface area (Å²) in [4.78, 5) is 30.7. The third kappa shape index (κ3) is 5.79. The van der Waals surface area contributed by atoms with Gasteiger partial charge in [-0.3, -0.25) is 9.59 Å². The van der Waals surface area contributed by atoms with E-state index < -0.39 is 0 Å². The van der Waals surface area contributed by atoms with Crippen LogP contribution in [0.5, 0.6) is 0 Å². The number of nitrogens with two attached hydrogens (primary N) is 1. The largest absolute Gasteiger partial charge is 0.355 e. The van der Waals surface area contributed by atoms with Crippen molar-refractivity contribution in [1.82, 2.24) is 20.4 Å². The minimum absolute atomic E-state index is 0.00600. The van der Waals surface area contributed by atoms with Gasteiger partial charge in [-0.1, -0.05) is 25.9 Å². The fourth-order valence-corrected chi connectivity index (χ4v) is 2.97. The normalized spacial score (nSPS) is 18.0. The molecule has 0 aromatic carbocycles. The first-order valence-corrected chi connectivity index (χ1v) is 9.40. The second-order valence-electron chi connectivity index (χ2n) is 7.87. The van der Waals surface area contributed by atoms with E-state index >= 15 is 0 Å². The number of carbonyl (C=O) groups excluding carboxylic acids is 2. The van der Waals surface area contributed by atoms with Crippen molar-refractivity contribution >= 4 is 11.8 Å². The third-order valence-corrected chi connectivity index (χ3v) is 4.51. The summed E-state index contributed by atoms with van der Waals surface area (Å²) >= 11 is 0. The molecule has 0 radical (unpaired) electrons. The van der Waals surface area contributed by atoms with Crippen molar-refractivity contribution in [1.29, 1.82) is 0 Å². The molecule has 1 atom stereocenters. The minimum Gasteiger partial charge on any atom is -0.355 e. The van der Waals surface area contributed by atoms with Crippen LogP contribution in [0.2, 0.25) is 0 Å². The molecule has 1 aliphatic heterocycles. The van der Waals surface area contributed by atoms with Gasteiger partial charge in [0.1, 0.15) is 0 Å². The quantitative estimate of drug-likeness (QED) is 0.745. The molecule has 0 bridgehead atoms. The van der Waals surface area contributed by atoms with E-state index in [2.05, 4.69) is 15.5 Å². The van der Waals surface area contributed by atoms with Gasteiger partial charge in [0.05, 0.1) is 5.92 Å². The van der Waals surface area contributed by atoms with Crippen molar-refractivity contribution in [3.63, 3.8) is 0 Å². The van der Waals surface area contributed by atoms with Crippen LogP contribution >= 0.6 is 0 Å². The molecule has 146 valence electrons. The summed E-state index contributed by atoms with van der Waals surface area (Å²) in [5.41, 5.74) is 5.27. The molecule has 1 saturated heterocycles. The SMILES string of the molecule is CC(C)(C)c1noc(CCCC(=O)N2CCCC(C(=O)NCCN)C2)n1. The molecule has 3 N–H and O–H groups in total. The number of aromatic nitrogens is 2. The number of rotatable bonds is 7. The van der Waals surface area contributed by atoms with Crippen molar-refractivity contribution in [2.75, 3.05) is 26.2 Å². The smallest absolute Gasteiger partial charge is 0.226 e. The van der Waals surface area contributed by atoms with E-state index in [0.29, 0.717) is 57.2 Å². The number of hydrogen-bond donors (Lipinski definition) is 2. The van der Waals surface area contributed by atoms with E-state index in [1.165, 1.54) is 0 Å². The predicted octanol–water partition coefficient (Wildman–Crippen LogP) is 1.00. The topological polar surface area (TPSA) is 114 Å². The standard InChI is InChI=1S/C18H31N5O3/c1-18(2,3)17-21-14(26-22-17)7-4-8-15(24)23-11-5-6-13(12-23)16(25)20-10-9-19/h13H,4-12,19H2,1-3H3,(H,20,25). The van der Waals surface area contributed by atoms with Crippen molar-refractivity contribution < 1.29 is 14.1 Å². The molecule has 1 aliphatic rings. The number of aryl methyl sites for hydroxylation is 1. The molecule has 1 unspecified atom stereocenters. The number of nitrogens with zero attached hydrogens (tertiary/aromatic N) is 3. The Morgan fingerprint density at radius 3 is 2.81 bits per heavy atom. The molecule has 1 aromatic heterocycles. The average Bonchev–Trinajstić information content (AvgIpc) is 3.09. The molecule has 26 heavy (non-hydrogen) atoms. The summed E-state index contributed by atoms with van der Waals surface area (Å²) < 4.78 is 5.26. The maximum atomic E-state index is 12.4. The molecule has 2 rings (SSSR count). The number of nitrogens with one attached hydrogen (secondary N) is 1. The number of piperidine rings is 1. The third-order valence-electron chi connectivity index (χ3n) is 4.51. The van der Waals surface area contributed by atoms with E-state index in [-0.39, 0.29) is 23.1 Å². The molecule has 1 aromatic rings. The van der Waals surface area contributed by atoms with Gasteiger partial charge in [-0.2, -0.15) is 4.98 Å². The maximum absolute atomic E-state index is 12.4. The zero-order chi connectivity index (χ0) is 19.2. The molecule has 2 heterocycles. The molecule has 0 spiro atoms. The lowest BCUT2D eigenvalue weighted by Gasteiger charge is -2.32. The second-order valence-corrected chi connectivity index (χ2v) is 7.87. The van der Waals surface area contributed by atoms with Gasteiger partial charge in [0.2, 0.25) is 17.7 Å². The fraction of sp³-hybridized carbons (Fsp3) is 0.778. The monoisotopic (exact) mass is 365 g/mol. The molecular weight excluding hydrogens is 334 g/mol. The number of hydrogen-bond acceptors (Lipinski definition) is 6. The number of carbonyl (C=O) groups is 2. The van der Waals surface area contributed by atoms with Crippen LogP contribution in [-0.2, 0) is 21.4 Å². The summed E-state index contributed by atoms with van der Waals surface area (Å²) in [6.07, 6.45) is 3.33. The van der Waals surface area contributed by atoms with E-state index in [1.54, 1.807) is 4.90 Å². The van der Waals surface area contributed by atoms with Crippen LogP contribution in [0.4, 0.5) is 0 Å². The van der Waals surface area contributed by atoms with Crippen LogP contribution in [0.1, 0.15) is 58.2 Å². The van der Waals surface area contributed by atoms with Gasteiger partial charge >= 0.3 is 0 Å². The van der Waals surface area contributed by atoms with E-state index in [0.717, 1.165) is 12.8 Å². The average molecular weight is 365 g/mol. The molecule has 8 nitrogen and oxygen atoms in total. The molecule has 8 heteroatoms. The van der Waals surface area contributed by atoms with E-state index in [4.69, 9.17) is 10.3 Å². The Morgan fingerprint density at radius 2 is 2.15 bits per heavy atom. The molecular formula is C18H31N5O3. The van der Waals surface area contributed by atoms with Crippen LogP contribution in [0, 0.1) is 5.92 Å². The minimum atomic E-state index is -0.148. The molecule has 0 aliphatic carbocycles. The Hall–Kier alpha value is -1.96. The highest BCUT2D eigenvalue weighted by Gasteiger charge is 2.28. The van der Waals surface area contributed by atoms with Crippen molar-refractivity contribution in [3.8, 4) is 0 Å². The maximum Gasteiger partial charge on any atom is 0.226 e. The first-order chi connectivity index (χ1) is 12.3. The van der Waals surface area contributed by atoms with Gasteiger partial charge in [-0.25, -0.2) is 0 Å². The van der Waals surface area contributed by atoms with Gasteiger partial charge < -0.3 is 20.5 Å².